The van der Waals surface area contributed by atoms with Crippen LogP contribution in [0, 0.1) is 0 Å². The summed E-state index contributed by atoms with van der Waals surface area (Å²) in [5.41, 5.74) is 1.41. The lowest BCUT2D eigenvalue weighted by atomic mass is 9.49. The zero-order valence-electron chi connectivity index (χ0n) is 12.7. The molecule has 17 heavy (non-hydrogen) atoms. The van der Waals surface area contributed by atoms with E-state index in [9.17, 15) is 0 Å². The first-order valence-corrected chi connectivity index (χ1v) is 6.77. The second-order valence-corrected chi connectivity index (χ2v) is 3.27. The van der Waals surface area contributed by atoms with Crippen molar-refractivity contribution in [3.05, 3.63) is 30.3 Å². The first-order chi connectivity index (χ1) is 7.72. The molecule has 0 radical (unpaired) electrons. The van der Waals surface area contributed by atoms with Gasteiger partial charge < -0.3 is 0 Å². The maximum Gasteiger partial charge on any atom is 0.169 e. The van der Waals surface area contributed by atoms with Gasteiger partial charge in [0.1, 0.15) is 0 Å². The molecule has 0 fully saturated rings. The summed E-state index contributed by atoms with van der Waals surface area (Å²) in [6, 6.07) is 10.5. The summed E-state index contributed by atoms with van der Waals surface area (Å²) in [4.78, 5) is 0. The van der Waals surface area contributed by atoms with Crippen LogP contribution in [0.4, 0.5) is 0 Å². The highest BCUT2D eigenvalue weighted by Gasteiger charge is 1.98. The summed E-state index contributed by atoms with van der Waals surface area (Å²) in [6.45, 7) is 17.3. The van der Waals surface area contributed by atoms with E-state index in [0.717, 1.165) is 0 Å². The van der Waals surface area contributed by atoms with Crippen LogP contribution in [-0.4, -0.2) is 6.71 Å². The fourth-order valence-electron chi connectivity index (χ4n) is 0.838. The normalized spacial score (nSPS) is 6.59. The van der Waals surface area contributed by atoms with Crippen molar-refractivity contribution < 1.29 is 0 Å². The Morgan fingerprint density at radius 2 is 1.12 bits per heavy atom. The Balaban J connectivity index is -0.0000000911. The first-order valence-electron chi connectivity index (χ1n) is 6.77. The zero-order valence-corrected chi connectivity index (χ0v) is 12.7. The molecule has 1 heteroatoms. The van der Waals surface area contributed by atoms with Gasteiger partial charge in [0, 0.05) is 0 Å². The third-order valence-corrected chi connectivity index (χ3v) is 1.47. The van der Waals surface area contributed by atoms with Crippen LogP contribution in [-0.2, 0) is 0 Å². The van der Waals surface area contributed by atoms with E-state index in [1.54, 1.807) is 0 Å². The lowest BCUT2D eigenvalue weighted by molar-refractivity contribution is 1.09. The van der Waals surface area contributed by atoms with E-state index in [1.165, 1.54) is 11.9 Å². The van der Waals surface area contributed by atoms with Crippen LogP contribution in [0.15, 0.2) is 30.3 Å². The van der Waals surface area contributed by atoms with Crippen LogP contribution in [0.1, 0.15) is 55.4 Å². The number of benzene rings is 1. The monoisotopic (exact) mass is 238 g/mol. The van der Waals surface area contributed by atoms with E-state index in [-0.39, 0.29) is 7.43 Å². The van der Waals surface area contributed by atoms with Gasteiger partial charge in [-0.3, -0.25) is 0 Å². The van der Waals surface area contributed by atoms with Crippen molar-refractivity contribution in [2.24, 2.45) is 0 Å². The molecule has 0 saturated carbocycles. The Hall–Kier alpha value is -0.715. The second kappa shape index (κ2) is 24.5. The lowest BCUT2D eigenvalue weighted by Gasteiger charge is -1.98. The van der Waals surface area contributed by atoms with Gasteiger partial charge in [-0.2, -0.15) is 0 Å². The minimum Gasteiger partial charge on any atom is -0.0819 e. The fourth-order valence-corrected chi connectivity index (χ4v) is 0.838. The topological polar surface area (TPSA) is 0 Å². The predicted octanol–water partition coefficient (Wildman–Crippen LogP) is 5.75. The average Bonchev–Trinajstić information content (AvgIpc) is 2.36. The minimum absolute atomic E-state index is 0. The summed E-state index contributed by atoms with van der Waals surface area (Å²) in [5.74, 6) is 0. The van der Waals surface area contributed by atoms with Crippen LogP contribution in [0.25, 0.3) is 0 Å². The summed E-state index contributed by atoms with van der Waals surface area (Å²) in [5, 5.41) is 0. The summed E-state index contributed by atoms with van der Waals surface area (Å²) in [6.07, 6.45) is 1.25. The van der Waals surface area contributed by atoms with Gasteiger partial charge in [0.05, 0.1) is 0 Å². The summed E-state index contributed by atoms with van der Waals surface area (Å²) in [7, 11) is 0. The van der Waals surface area contributed by atoms with Crippen molar-refractivity contribution in [2.75, 3.05) is 0 Å². The van der Waals surface area contributed by atoms with Crippen molar-refractivity contribution in [1.82, 2.24) is 0 Å². The van der Waals surface area contributed by atoms with E-state index in [0.29, 0.717) is 6.71 Å². The molecular formula is C16H35B. The molecule has 0 amide bonds. The molecule has 0 unspecified atom stereocenters. The first kappa shape index (κ1) is 25.2. The number of hydrogen-bond acceptors (Lipinski definition) is 0. The van der Waals surface area contributed by atoms with Gasteiger partial charge in [-0.15, -0.1) is 0 Å². The van der Waals surface area contributed by atoms with E-state index >= 15 is 0 Å². The molecule has 0 aliphatic heterocycles. The Labute approximate surface area is 112 Å². The van der Waals surface area contributed by atoms with Crippen molar-refractivity contribution in [2.45, 2.75) is 69.0 Å². The third-order valence-electron chi connectivity index (χ3n) is 1.47. The fraction of sp³-hybridized carbons (Fsp3) is 0.625. The summed E-state index contributed by atoms with van der Waals surface area (Å²) >= 11 is 0. The molecule has 0 saturated heterocycles. The van der Waals surface area contributed by atoms with Crippen LogP contribution in [0.5, 0.6) is 0 Å². The van der Waals surface area contributed by atoms with E-state index in [4.69, 9.17) is 0 Å². The quantitative estimate of drug-likeness (QED) is 0.546. The van der Waals surface area contributed by atoms with Crippen LogP contribution in [0.3, 0.4) is 0 Å². The SMILES string of the molecule is C.CB(C)c1ccccc1.CC.CC.CCC. The molecule has 0 N–H and O–H groups in total. The van der Waals surface area contributed by atoms with E-state index in [1.807, 2.05) is 33.8 Å². The van der Waals surface area contributed by atoms with Crippen molar-refractivity contribution in [1.29, 1.82) is 0 Å². The Morgan fingerprint density at radius 3 is 1.29 bits per heavy atom. The molecule has 1 aromatic carbocycles. The average molecular weight is 238 g/mol. The standard InChI is InChI=1S/C8H11B.C3H8.2C2H6.CH4/c1-9(2)8-6-4-3-5-7-8;1-3-2;2*1-2;/h3-7H,1-2H3;3H2,1-2H3;2*1-2H3;1H4. The second-order valence-electron chi connectivity index (χ2n) is 3.27. The molecular weight excluding hydrogens is 203 g/mol. The molecule has 0 heterocycles. The van der Waals surface area contributed by atoms with Gasteiger partial charge in [0.15, 0.2) is 6.71 Å². The lowest BCUT2D eigenvalue weighted by Crippen LogP contribution is -2.21. The van der Waals surface area contributed by atoms with Crippen LogP contribution in [0.2, 0.25) is 13.6 Å². The van der Waals surface area contributed by atoms with Crippen LogP contribution >= 0.6 is 0 Å². The Morgan fingerprint density at radius 1 is 0.824 bits per heavy atom. The molecule has 0 aromatic heterocycles. The van der Waals surface area contributed by atoms with E-state index in [2.05, 4.69) is 51.8 Å². The molecule has 0 spiro atoms. The number of hydrogen-bond donors (Lipinski definition) is 0. The van der Waals surface area contributed by atoms with Gasteiger partial charge in [-0.05, 0) is 0 Å². The maximum absolute atomic E-state index is 2.20. The zero-order chi connectivity index (χ0) is 13.4. The van der Waals surface area contributed by atoms with E-state index < -0.39 is 0 Å². The third kappa shape index (κ3) is 21.2. The van der Waals surface area contributed by atoms with Gasteiger partial charge in [0.2, 0.25) is 0 Å². The highest BCUT2D eigenvalue weighted by molar-refractivity contribution is 6.70. The highest BCUT2D eigenvalue weighted by atomic mass is 13.8. The largest absolute Gasteiger partial charge is 0.169 e. The molecule has 0 nitrogen and oxygen atoms in total. The molecule has 102 valence electrons. The smallest absolute Gasteiger partial charge is 0.0819 e. The Bertz CT molecular complexity index is 180. The minimum atomic E-state index is 0. The van der Waals surface area contributed by atoms with Gasteiger partial charge in [-0.25, -0.2) is 0 Å². The molecule has 0 atom stereocenters. The molecule has 1 rings (SSSR count). The van der Waals surface area contributed by atoms with Crippen molar-refractivity contribution in [3.8, 4) is 0 Å². The van der Waals surface area contributed by atoms with Gasteiger partial charge in [0.25, 0.3) is 0 Å². The van der Waals surface area contributed by atoms with Crippen LogP contribution < -0.4 is 5.46 Å². The number of rotatable bonds is 1. The van der Waals surface area contributed by atoms with Crippen molar-refractivity contribution in [3.63, 3.8) is 0 Å². The summed E-state index contributed by atoms with van der Waals surface area (Å²) < 4.78 is 0. The highest BCUT2D eigenvalue weighted by Crippen LogP contribution is 1.85. The van der Waals surface area contributed by atoms with Gasteiger partial charge in [-0.1, -0.05) is 105 Å². The molecule has 0 aliphatic carbocycles. The van der Waals surface area contributed by atoms with Crippen molar-refractivity contribution >= 4 is 12.2 Å². The predicted molar refractivity (Wildman–Crippen MR) is 89.0 cm³/mol. The molecule has 0 aliphatic rings. The van der Waals surface area contributed by atoms with Gasteiger partial charge >= 0.3 is 0 Å². The molecule has 0 bridgehead atoms. The molecule has 1 aromatic rings. The Kier molecular flexibility index (Phi) is 36.3. The maximum atomic E-state index is 2.20.